The van der Waals surface area contributed by atoms with Gasteiger partial charge in [0.2, 0.25) is 0 Å². The van der Waals surface area contributed by atoms with E-state index < -0.39 is 0 Å². The molecule has 152 valence electrons. The fraction of sp³-hybridized carbons (Fsp3) is 0.269. The van der Waals surface area contributed by atoms with Crippen molar-refractivity contribution < 1.29 is 0 Å². The summed E-state index contributed by atoms with van der Waals surface area (Å²) in [6.07, 6.45) is 1.03. The lowest BCUT2D eigenvalue weighted by Crippen LogP contribution is -2.31. The minimum atomic E-state index is 0.562. The molecule has 0 radical (unpaired) electrons. The molecule has 3 nitrogen and oxygen atoms in total. The number of pyridine rings is 1. The predicted octanol–water partition coefficient (Wildman–Crippen LogP) is 6.23. The largest absolute Gasteiger partial charge is 0.350 e. The van der Waals surface area contributed by atoms with Crippen molar-refractivity contribution in [3.05, 3.63) is 93.3 Å². The standard InChI is InChI=1S/C26H26ClN3/c1-17-8-10-20(11-9-17)15-30-19(3)18(2)23-14-24(27)28-26(25(23)30)29-13-12-21-6-4-5-7-22(21)16-29/h4-11,14H,12-13,15-16H2,1-3H3. The zero-order valence-electron chi connectivity index (χ0n) is 17.7. The van der Waals surface area contributed by atoms with Crippen molar-refractivity contribution in [2.75, 3.05) is 11.4 Å². The Morgan fingerprint density at radius 2 is 1.70 bits per heavy atom. The van der Waals surface area contributed by atoms with Gasteiger partial charge in [0, 0.05) is 30.7 Å². The van der Waals surface area contributed by atoms with E-state index in [1.54, 1.807) is 0 Å². The van der Waals surface area contributed by atoms with E-state index in [0.717, 1.165) is 31.9 Å². The van der Waals surface area contributed by atoms with Crippen LogP contribution in [0, 0.1) is 20.8 Å². The van der Waals surface area contributed by atoms with E-state index in [1.807, 2.05) is 6.07 Å². The summed E-state index contributed by atoms with van der Waals surface area (Å²) in [4.78, 5) is 7.23. The molecule has 0 spiro atoms. The molecule has 0 saturated heterocycles. The molecule has 0 atom stereocenters. The van der Waals surface area contributed by atoms with Gasteiger partial charge >= 0.3 is 0 Å². The second-order valence-electron chi connectivity index (χ2n) is 8.39. The number of hydrogen-bond acceptors (Lipinski definition) is 2. The zero-order valence-corrected chi connectivity index (χ0v) is 18.5. The van der Waals surface area contributed by atoms with Crippen LogP contribution < -0.4 is 4.90 Å². The molecule has 1 aliphatic heterocycles. The number of fused-ring (bicyclic) bond motifs is 2. The molecule has 0 aliphatic carbocycles. The summed E-state index contributed by atoms with van der Waals surface area (Å²) in [5, 5.41) is 1.76. The topological polar surface area (TPSA) is 21.1 Å². The summed E-state index contributed by atoms with van der Waals surface area (Å²) >= 11 is 6.51. The molecule has 5 rings (SSSR count). The fourth-order valence-electron chi connectivity index (χ4n) is 4.58. The van der Waals surface area contributed by atoms with E-state index in [2.05, 4.69) is 78.8 Å². The van der Waals surface area contributed by atoms with E-state index in [4.69, 9.17) is 16.6 Å². The quantitative estimate of drug-likeness (QED) is 0.370. The van der Waals surface area contributed by atoms with E-state index in [-0.39, 0.29) is 0 Å². The molecule has 0 unspecified atom stereocenters. The second kappa shape index (κ2) is 7.48. The lowest BCUT2D eigenvalue weighted by atomic mass is 10.00. The maximum absolute atomic E-state index is 6.51. The predicted molar refractivity (Wildman–Crippen MR) is 126 cm³/mol. The van der Waals surface area contributed by atoms with Gasteiger partial charge in [-0.05, 0) is 55.5 Å². The first-order valence-corrected chi connectivity index (χ1v) is 10.9. The zero-order chi connectivity index (χ0) is 20.8. The smallest absolute Gasteiger partial charge is 0.155 e. The number of benzene rings is 2. The Hall–Kier alpha value is -2.78. The van der Waals surface area contributed by atoms with Crippen LogP contribution in [0.25, 0.3) is 10.9 Å². The highest BCUT2D eigenvalue weighted by molar-refractivity contribution is 6.30. The van der Waals surface area contributed by atoms with Gasteiger partial charge in [-0.25, -0.2) is 4.98 Å². The molecule has 0 fully saturated rings. The van der Waals surface area contributed by atoms with Gasteiger partial charge in [0.1, 0.15) is 5.15 Å². The van der Waals surface area contributed by atoms with Crippen LogP contribution in [0.4, 0.5) is 5.82 Å². The Kier molecular flexibility index (Phi) is 4.79. The summed E-state index contributed by atoms with van der Waals surface area (Å²) in [5.41, 5.74) is 9.14. The Balaban J connectivity index is 1.65. The monoisotopic (exact) mass is 415 g/mol. The van der Waals surface area contributed by atoms with E-state index >= 15 is 0 Å². The first-order valence-electron chi connectivity index (χ1n) is 10.5. The van der Waals surface area contributed by atoms with Crippen molar-refractivity contribution in [1.29, 1.82) is 0 Å². The van der Waals surface area contributed by atoms with E-state index in [9.17, 15) is 0 Å². The van der Waals surface area contributed by atoms with Gasteiger partial charge in [-0.15, -0.1) is 0 Å². The Morgan fingerprint density at radius 3 is 2.47 bits per heavy atom. The van der Waals surface area contributed by atoms with Gasteiger partial charge in [-0.1, -0.05) is 65.7 Å². The molecule has 2 aromatic heterocycles. The molecule has 2 aromatic carbocycles. The second-order valence-corrected chi connectivity index (χ2v) is 8.77. The molecule has 1 aliphatic rings. The first-order chi connectivity index (χ1) is 14.5. The van der Waals surface area contributed by atoms with E-state index in [0.29, 0.717) is 5.15 Å². The number of rotatable bonds is 3. The lowest BCUT2D eigenvalue weighted by Gasteiger charge is -2.30. The number of hydrogen-bond donors (Lipinski definition) is 0. The lowest BCUT2D eigenvalue weighted by molar-refractivity contribution is 0.717. The maximum Gasteiger partial charge on any atom is 0.155 e. The molecule has 3 heterocycles. The van der Waals surface area contributed by atoms with Gasteiger partial charge in [-0.2, -0.15) is 0 Å². The summed E-state index contributed by atoms with van der Waals surface area (Å²) < 4.78 is 2.41. The highest BCUT2D eigenvalue weighted by Crippen LogP contribution is 2.36. The van der Waals surface area contributed by atoms with Crippen LogP contribution in [0.5, 0.6) is 0 Å². The minimum Gasteiger partial charge on any atom is -0.350 e. The number of anilines is 1. The van der Waals surface area contributed by atoms with Crippen molar-refractivity contribution in [1.82, 2.24) is 9.55 Å². The van der Waals surface area contributed by atoms with Crippen molar-refractivity contribution in [3.63, 3.8) is 0 Å². The molecule has 0 amide bonds. The van der Waals surface area contributed by atoms with Gasteiger partial charge < -0.3 is 9.47 Å². The van der Waals surface area contributed by atoms with Crippen molar-refractivity contribution in [3.8, 4) is 0 Å². The Bertz CT molecular complexity index is 1240. The Morgan fingerprint density at radius 1 is 0.967 bits per heavy atom. The van der Waals surface area contributed by atoms with Gasteiger partial charge in [-0.3, -0.25) is 0 Å². The van der Waals surface area contributed by atoms with Crippen molar-refractivity contribution >= 4 is 28.3 Å². The average Bonchev–Trinajstić information content (AvgIpc) is 2.99. The summed E-state index contributed by atoms with van der Waals surface area (Å²) in [7, 11) is 0. The third-order valence-corrected chi connectivity index (χ3v) is 6.65. The average molecular weight is 416 g/mol. The van der Waals surface area contributed by atoms with Gasteiger partial charge in [0.25, 0.3) is 0 Å². The highest BCUT2D eigenvalue weighted by atomic mass is 35.5. The van der Waals surface area contributed by atoms with Crippen molar-refractivity contribution in [2.24, 2.45) is 0 Å². The Labute approximate surface area is 182 Å². The summed E-state index contributed by atoms with van der Waals surface area (Å²) in [5.74, 6) is 0.996. The van der Waals surface area contributed by atoms with Crippen LogP contribution in [0.15, 0.2) is 54.6 Å². The molecule has 0 bridgehead atoms. The van der Waals surface area contributed by atoms with Crippen LogP contribution in [0.3, 0.4) is 0 Å². The highest BCUT2D eigenvalue weighted by Gasteiger charge is 2.23. The molecular weight excluding hydrogens is 390 g/mol. The van der Waals surface area contributed by atoms with E-state index in [1.165, 1.54) is 44.4 Å². The summed E-state index contributed by atoms with van der Waals surface area (Å²) in [6.45, 7) is 9.17. The summed E-state index contributed by atoms with van der Waals surface area (Å²) in [6, 6.07) is 19.5. The first kappa shape index (κ1) is 19.2. The minimum absolute atomic E-state index is 0.562. The molecular formula is C26H26ClN3. The molecule has 4 aromatic rings. The SMILES string of the molecule is Cc1ccc(Cn2c(C)c(C)c3cc(Cl)nc(N4CCc5ccccc5C4)c32)cc1. The van der Waals surface area contributed by atoms with Crippen LogP contribution in [0.2, 0.25) is 5.15 Å². The molecule has 0 N–H and O–H groups in total. The third kappa shape index (κ3) is 3.27. The van der Waals surface area contributed by atoms with Crippen LogP contribution in [-0.4, -0.2) is 16.1 Å². The van der Waals surface area contributed by atoms with Crippen LogP contribution in [0.1, 0.15) is 33.5 Å². The maximum atomic E-state index is 6.51. The van der Waals surface area contributed by atoms with Crippen molar-refractivity contribution in [2.45, 2.75) is 40.3 Å². The number of aryl methyl sites for hydroxylation is 2. The van der Waals surface area contributed by atoms with Gasteiger partial charge in [0.05, 0.1) is 5.52 Å². The molecule has 30 heavy (non-hydrogen) atoms. The van der Waals surface area contributed by atoms with Crippen LogP contribution in [-0.2, 0) is 19.5 Å². The number of nitrogens with zero attached hydrogens (tertiary/aromatic N) is 3. The normalized spacial score (nSPS) is 13.7. The molecule has 0 saturated carbocycles. The number of halogens is 1. The molecule has 4 heteroatoms. The third-order valence-electron chi connectivity index (χ3n) is 6.46. The van der Waals surface area contributed by atoms with Crippen LogP contribution >= 0.6 is 11.6 Å². The van der Waals surface area contributed by atoms with Gasteiger partial charge in [0.15, 0.2) is 5.82 Å². The fourth-order valence-corrected chi connectivity index (χ4v) is 4.77. The number of aromatic nitrogens is 2.